The molecule has 1 aliphatic rings. The lowest BCUT2D eigenvalue weighted by Crippen LogP contribution is -2.54. The Balaban J connectivity index is 1.50. The Bertz CT molecular complexity index is 1220. The lowest BCUT2D eigenvalue weighted by atomic mass is 10.1. The van der Waals surface area contributed by atoms with Crippen molar-refractivity contribution in [2.24, 2.45) is 0 Å². The molecule has 0 atom stereocenters. The number of barbiturate groups is 1. The SMILES string of the molecule is COc1ccc(N2C(=O)NC(=O)C(=Cc3ccc(OCc4ccc(F)cc4)cc3)C2=O)cc1. The van der Waals surface area contributed by atoms with Gasteiger partial charge in [-0.15, -0.1) is 0 Å². The molecule has 1 heterocycles. The van der Waals surface area contributed by atoms with Crippen LogP contribution in [0.5, 0.6) is 11.5 Å². The predicted molar refractivity (Wildman–Crippen MR) is 119 cm³/mol. The lowest BCUT2D eigenvalue weighted by molar-refractivity contribution is -0.122. The molecule has 166 valence electrons. The zero-order chi connectivity index (χ0) is 23.4. The molecule has 1 saturated heterocycles. The van der Waals surface area contributed by atoms with Gasteiger partial charge in [0.1, 0.15) is 29.5 Å². The van der Waals surface area contributed by atoms with E-state index in [9.17, 15) is 18.8 Å². The van der Waals surface area contributed by atoms with E-state index >= 15 is 0 Å². The van der Waals surface area contributed by atoms with Crippen LogP contribution in [0.3, 0.4) is 0 Å². The van der Waals surface area contributed by atoms with Crippen LogP contribution in [0, 0.1) is 5.82 Å². The molecule has 0 unspecified atom stereocenters. The average molecular weight is 446 g/mol. The van der Waals surface area contributed by atoms with E-state index in [0.29, 0.717) is 22.7 Å². The number of imide groups is 2. The van der Waals surface area contributed by atoms with Gasteiger partial charge in [0.05, 0.1) is 12.8 Å². The Morgan fingerprint density at radius 2 is 1.52 bits per heavy atom. The number of hydrogen-bond donors (Lipinski definition) is 1. The van der Waals surface area contributed by atoms with E-state index in [1.54, 1.807) is 60.7 Å². The first-order valence-electron chi connectivity index (χ1n) is 9.97. The van der Waals surface area contributed by atoms with E-state index in [1.165, 1.54) is 25.3 Å². The number of halogens is 1. The molecular formula is C25H19FN2O5. The summed E-state index contributed by atoms with van der Waals surface area (Å²) in [6.07, 6.45) is 1.41. The van der Waals surface area contributed by atoms with Gasteiger partial charge in [-0.3, -0.25) is 14.9 Å². The van der Waals surface area contributed by atoms with Crippen molar-refractivity contribution in [3.8, 4) is 11.5 Å². The molecule has 3 aromatic carbocycles. The van der Waals surface area contributed by atoms with Crippen LogP contribution in [0.2, 0.25) is 0 Å². The number of methoxy groups -OCH3 is 1. The average Bonchev–Trinajstić information content (AvgIpc) is 2.82. The monoisotopic (exact) mass is 446 g/mol. The topological polar surface area (TPSA) is 84.9 Å². The number of nitrogens with zero attached hydrogens (tertiary/aromatic N) is 1. The third kappa shape index (κ3) is 4.90. The Labute approximate surface area is 189 Å². The van der Waals surface area contributed by atoms with E-state index in [0.717, 1.165) is 10.5 Å². The van der Waals surface area contributed by atoms with Gasteiger partial charge in [-0.05, 0) is 65.7 Å². The number of urea groups is 1. The summed E-state index contributed by atoms with van der Waals surface area (Å²) in [5.41, 5.74) is 1.52. The summed E-state index contributed by atoms with van der Waals surface area (Å²) in [6.45, 7) is 0.264. The number of anilines is 1. The van der Waals surface area contributed by atoms with Crippen molar-refractivity contribution in [3.63, 3.8) is 0 Å². The molecule has 7 nitrogen and oxygen atoms in total. The fourth-order valence-electron chi connectivity index (χ4n) is 3.20. The van der Waals surface area contributed by atoms with Crippen molar-refractivity contribution in [2.45, 2.75) is 6.61 Å². The van der Waals surface area contributed by atoms with E-state index in [2.05, 4.69) is 5.32 Å². The van der Waals surface area contributed by atoms with Crippen molar-refractivity contribution >= 4 is 29.6 Å². The van der Waals surface area contributed by atoms with E-state index in [1.807, 2.05) is 0 Å². The highest BCUT2D eigenvalue weighted by molar-refractivity contribution is 6.39. The maximum atomic E-state index is 13.0. The molecule has 8 heteroatoms. The van der Waals surface area contributed by atoms with Crippen LogP contribution >= 0.6 is 0 Å². The Morgan fingerprint density at radius 1 is 0.879 bits per heavy atom. The van der Waals surface area contributed by atoms with E-state index in [4.69, 9.17) is 9.47 Å². The molecule has 1 N–H and O–H groups in total. The molecule has 0 saturated carbocycles. The maximum Gasteiger partial charge on any atom is 0.335 e. The molecule has 1 aliphatic heterocycles. The largest absolute Gasteiger partial charge is 0.497 e. The van der Waals surface area contributed by atoms with Gasteiger partial charge < -0.3 is 9.47 Å². The van der Waals surface area contributed by atoms with Crippen LogP contribution in [-0.4, -0.2) is 25.0 Å². The molecule has 3 aromatic rings. The predicted octanol–water partition coefficient (Wildman–Crippen LogP) is 4.08. The standard InChI is InChI=1S/C25H19FN2O5/c1-32-20-12-8-19(9-13-20)28-24(30)22(23(29)27-25(28)31)14-16-4-10-21(11-5-16)33-15-17-2-6-18(26)7-3-17/h2-14H,15H2,1H3,(H,27,29,31). The molecule has 0 aliphatic carbocycles. The third-order valence-corrected chi connectivity index (χ3v) is 4.94. The summed E-state index contributed by atoms with van der Waals surface area (Å²) in [5.74, 6) is -0.685. The Morgan fingerprint density at radius 3 is 2.15 bits per heavy atom. The first-order chi connectivity index (χ1) is 15.9. The van der Waals surface area contributed by atoms with Crippen molar-refractivity contribution in [3.05, 3.63) is 95.3 Å². The zero-order valence-corrected chi connectivity index (χ0v) is 17.6. The van der Waals surface area contributed by atoms with E-state index in [-0.39, 0.29) is 18.0 Å². The highest BCUT2D eigenvalue weighted by Crippen LogP contribution is 2.24. The number of ether oxygens (including phenoxy) is 2. The van der Waals surface area contributed by atoms with Gasteiger partial charge in [0.15, 0.2) is 0 Å². The first kappa shape index (κ1) is 21.8. The molecule has 0 aromatic heterocycles. The number of carbonyl (C=O) groups excluding carboxylic acids is 3. The second-order valence-electron chi connectivity index (χ2n) is 7.14. The van der Waals surface area contributed by atoms with Crippen LogP contribution in [0.25, 0.3) is 6.08 Å². The van der Waals surface area contributed by atoms with Crippen LogP contribution in [0.15, 0.2) is 78.4 Å². The number of benzene rings is 3. The van der Waals surface area contributed by atoms with Gasteiger partial charge in [0.2, 0.25) is 0 Å². The second kappa shape index (κ2) is 9.35. The molecule has 4 amide bonds. The highest BCUT2D eigenvalue weighted by Gasteiger charge is 2.36. The fourth-order valence-corrected chi connectivity index (χ4v) is 3.20. The molecule has 1 fully saturated rings. The van der Waals surface area contributed by atoms with Gasteiger partial charge in [-0.25, -0.2) is 14.1 Å². The van der Waals surface area contributed by atoms with Crippen molar-refractivity contribution < 1.29 is 28.2 Å². The van der Waals surface area contributed by atoms with Gasteiger partial charge in [-0.1, -0.05) is 24.3 Å². The number of nitrogens with one attached hydrogen (secondary N) is 1. The third-order valence-electron chi connectivity index (χ3n) is 4.94. The second-order valence-corrected chi connectivity index (χ2v) is 7.14. The van der Waals surface area contributed by atoms with Crippen molar-refractivity contribution in [1.29, 1.82) is 0 Å². The van der Waals surface area contributed by atoms with Crippen LogP contribution in [-0.2, 0) is 16.2 Å². The lowest BCUT2D eigenvalue weighted by Gasteiger charge is -2.26. The number of rotatable bonds is 6. The van der Waals surface area contributed by atoms with Gasteiger partial charge in [0, 0.05) is 0 Å². The summed E-state index contributed by atoms with van der Waals surface area (Å²) in [7, 11) is 1.51. The molecule has 0 radical (unpaired) electrons. The molecule has 4 rings (SSSR count). The molecule has 0 bridgehead atoms. The molecule has 0 spiro atoms. The fraction of sp³-hybridized carbons (Fsp3) is 0.0800. The van der Waals surface area contributed by atoms with Gasteiger partial charge >= 0.3 is 6.03 Å². The normalized spacial score (nSPS) is 14.9. The highest BCUT2D eigenvalue weighted by atomic mass is 19.1. The smallest absolute Gasteiger partial charge is 0.335 e. The Kier molecular flexibility index (Phi) is 6.17. The summed E-state index contributed by atoms with van der Waals surface area (Å²) < 4.78 is 23.8. The summed E-state index contributed by atoms with van der Waals surface area (Å²) in [4.78, 5) is 38.5. The number of amides is 4. The van der Waals surface area contributed by atoms with E-state index < -0.39 is 17.8 Å². The van der Waals surface area contributed by atoms with Crippen molar-refractivity contribution in [1.82, 2.24) is 5.32 Å². The Hall–Kier alpha value is -4.46. The minimum absolute atomic E-state index is 0.176. The minimum Gasteiger partial charge on any atom is -0.497 e. The molecule has 33 heavy (non-hydrogen) atoms. The minimum atomic E-state index is -0.822. The van der Waals surface area contributed by atoms with Gasteiger partial charge in [-0.2, -0.15) is 0 Å². The van der Waals surface area contributed by atoms with Crippen molar-refractivity contribution in [2.75, 3.05) is 12.0 Å². The quantitative estimate of drug-likeness (QED) is 0.456. The zero-order valence-electron chi connectivity index (χ0n) is 17.6. The van der Waals surface area contributed by atoms with Crippen LogP contribution < -0.4 is 19.7 Å². The summed E-state index contributed by atoms with van der Waals surface area (Å²) >= 11 is 0. The van der Waals surface area contributed by atoms with Crippen LogP contribution in [0.1, 0.15) is 11.1 Å². The summed E-state index contributed by atoms with van der Waals surface area (Å²) in [5, 5.41) is 2.19. The maximum absolute atomic E-state index is 13.0. The van der Waals surface area contributed by atoms with Crippen LogP contribution in [0.4, 0.5) is 14.9 Å². The number of hydrogen-bond acceptors (Lipinski definition) is 5. The molecular weight excluding hydrogens is 427 g/mol. The number of carbonyl (C=O) groups is 3. The van der Waals surface area contributed by atoms with Gasteiger partial charge in [0.25, 0.3) is 11.8 Å². The summed E-state index contributed by atoms with van der Waals surface area (Å²) in [6, 6.07) is 18.2. The first-order valence-corrected chi connectivity index (χ1v) is 9.97.